The summed E-state index contributed by atoms with van der Waals surface area (Å²) in [4.78, 5) is 4.85. The lowest BCUT2D eigenvalue weighted by molar-refractivity contribution is 0.248. The largest absolute Gasteiger partial charge is 0.370 e. The first-order valence-corrected chi connectivity index (χ1v) is 7.39. The number of para-hydroxylation sites is 1. The highest BCUT2D eigenvalue weighted by Gasteiger charge is 2.23. The molecule has 2 rings (SSSR count). The topological polar surface area (TPSA) is 32.5 Å². The number of nitrogens with two attached hydrogens (primary N) is 1. The molecule has 0 amide bonds. The van der Waals surface area contributed by atoms with E-state index in [4.69, 9.17) is 5.73 Å². The standard InChI is InChI=1S/C16H27N3/c1-4-15(17)14-9-5-6-10-16(14)19(3)13-8-7-11-18(2)12-13/h5-6,9-10,13,15H,4,7-8,11-12,17H2,1-3H3/t13?,15-/m0/s1. The molecule has 106 valence electrons. The number of rotatable bonds is 4. The normalized spacial score (nSPS) is 22.2. The van der Waals surface area contributed by atoms with Crippen molar-refractivity contribution >= 4 is 5.69 Å². The second-order valence-corrected chi connectivity index (χ2v) is 5.74. The maximum Gasteiger partial charge on any atom is 0.0414 e. The molecule has 0 radical (unpaired) electrons. The van der Waals surface area contributed by atoms with E-state index in [1.165, 1.54) is 30.6 Å². The van der Waals surface area contributed by atoms with Gasteiger partial charge < -0.3 is 15.5 Å². The van der Waals surface area contributed by atoms with Gasteiger partial charge in [-0.3, -0.25) is 0 Å². The van der Waals surface area contributed by atoms with Crippen molar-refractivity contribution in [3.63, 3.8) is 0 Å². The predicted octanol–water partition coefficient (Wildman–Crippen LogP) is 2.63. The van der Waals surface area contributed by atoms with Gasteiger partial charge in [0.1, 0.15) is 0 Å². The molecule has 1 aliphatic rings. The summed E-state index contributed by atoms with van der Waals surface area (Å²) in [5.41, 5.74) is 8.83. The molecule has 3 heteroatoms. The summed E-state index contributed by atoms with van der Waals surface area (Å²) in [5.74, 6) is 0. The van der Waals surface area contributed by atoms with Crippen LogP contribution in [-0.2, 0) is 0 Å². The van der Waals surface area contributed by atoms with Crippen LogP contribution in [0, 0.1) is 0 Å². The molecule has 1 aromatic carbocycles. The quantitative estimate of drug-likeness (QED) is 0.904. The van der Waals surface area contributed by atoms with Crippen molar-refractivity contribution in [2.75, 3.05) is 32.1 Å². The number of likely N-dealkylation sites (tertiary alicyclic amines) is 1. The van der Waals surface area contributed by atoms with Gasteiger partial charge in [0.2, 0.25) is 0 Å². The van der Waals surface area contributed by atoms with Gasteiger partial charge in [-0.15, -0.1) is 0 Å². The Balaban J connectivity index is 2.20. The molecule has 0 spiro atoms. The van der Waals surface area contributed by atoms with E-state index in [9.17, 15) is 0 Å². The zero-order valence-corrected chi connectivity index (χ0v) is 12.5. The molecule has 0 aliphatic carbocycles. The van der Waals surface area contributed by atoms with Gasteiger partial charge in [0.25, 0.3) is 0 Å². The summed E-state index contributed by atoms with van der Waals surface area (Å²) in [6.45, 7) is 4.52. The fourth-order valence-corrected chi connectivity index (χ4v) is 2.99. The number of hydrogen-bond acceptors (Lipinski definition) is 3. The van der Waals surface area contributed by atoms with Crippen LogP contribution in [0.1, 0.15) is 37.8 Å². The van der Waals surface area contributed by atoms with Crippen LogP contribution in [0.4, 0.5) is 5.69 Å². The van der Waals surface area contributed by atoms with E-state index in [1.807, 2.05) is 0 Å². The maximum absolute atomic E-state index is 6.25. The number of hydrogen-bond donors (Lipinski definition) is 1. The molecule has 2 N–H and O–H groups in total. The smallest absolute Gasteiger partial charge is 0.0414 e. The summed E-state index contributed by atoms with van der Waals surface area (Å²) in [5, 5.41) is 0. The molecule has 3 nitrogen and oxygen atoms in total. The Labute approximate surface area is 117 Å². The number of likely N-dealkylation sites (N-methyl/N-ethyl adjacent to an activating group) is 2. The molecule has 1 heterocycles. The van der Waals surface area contributed by atoms with Crippen molar-refractivity contribution < 1.29 is 0 Å². The minimum atomic E-state index is 0.139. The van der Waals surface area contributed by atoms with E-state index in [-0.39, 0.29) is 6.04 Å². The Morgan fingerprint density at radius 2 is 2.16 bits per heavy atom. The highest BCUT2D eigenvalue weighted by molar-refractivity contribution is 5.55. The predicted molar refractivity (Wildman–Crippen MR) is 82.6 cm³/mol. The number of nitrogens with zero attached hydrogens (tertiary/aromatic N) is 2. The molecule has 2 atom stereocenters. The van der Waals surface area contributed by atoms with Crippen molar-refractivity contribution in [1.82, 2.24) is 4.90 Å². The minimum absolute atomic E-state index is 0.139. The van der Waals surface area contributed by atoms with Crippen LogP contribution < -0.4 is 10.6 Å². The molecule has 0 aromatic heterocycles. The minimum Gasteiger partial charge on any atom is -0.370 e. The Morgan fingerprint density at radius 1 is 1.42 bits per heavy atom. The van der Waals surface area contributed by atoms with E-state index in [1.54, 1.807) is 0 Å². The van der Waals surface area contributed by atoms with Gasteiger partial charge in [-0.2, -0.15) is 0 Å². The Bertz CT molecular complexity index is 405. The average Bonchev–Trinajstić information content (AvgIpc) is 2.45. The lowest BCUT2D eigenvalue weighted by Gasteiger charge is -2.38. The van der Waals surface area contributed by atoms with Gasteiger partial charge in [0.05, 0.1) is 0 Å². The molecule has 19 heavy (non-hydrogen) atoms. The highest BCUT2D eigenvalue weighted by atomic mass is 15.2. The van der Waals surface area contributed by atoms with Crippen LogP contribution in [0.15, 0.2) is 24.3 Å². The number of anilines is 1. The van der Waals surface area contributed by atoms with Crippen LogP contribution in [0.3, 0.4) is 0 Å². The third-order valence-corrected chi connectivity index (χ3v) is 4.30. The SMILES string of the molecule is CC[C@H](N)c1ccccc1N(C)C1CCCN(C)C1. The number of piperidine rings is 1. The molecule has 1 unspecified atom stereocenters. The van der Waals surface area contributed by atoms with Crippen molar-refractivity contribution in [2.24, 2.45) is 5.73 Å². The van der Waals surface area contributed by atoms with Crippen molar-refractivity contribution in [1.29, 1.82) is 0 Å². The third-order valence-electron chi connectivity index (χ3n) is 4.30. The zero-order chi connectivity index (χ0) is 13.8. The second-order valence-electron chi connectivity index (χ2n) is 5.74. The Morgan fingerprint density at radius 3 is 2.84 bits per heavy atom. The summed E-state index contributed by atoms with van der Waals surface area (Å²) < 4.78 is 0. The average molecular weight is 261 g/mol. The van der Waals surface area contributed by atoms with E-state index in [0.29, 0.717) is 6.04 Å². The summed E-state index contributed by atoms with van der Waals surface area (Å²) >= 11 is 0. The van der Waals surface area contributed by atoms with Crippen molar-refractivity contribution in [3.8, 4) is 0 Å². The highest BCUT2D eigenvalue weighted by Crippen LogP contribution is 2.29. The number of benzene rings is 1. The fourth-order valence-electron chi connectivity index (χ4n) is 2.99. The van der Waals surface area contributed by atoms with E-state index >= 15 is 0 Å². The van der Waals surface area contributed by atoms with Crippen molar-refractivity contribution in [3.05, 3.63) is 29.8 Å². The van der Waals surface area contributed by atoms with Gasteiger partial charge in [0.15, 0.2) is 0 Å². The van der Waals surface area contributed by atoms with Gasteiger partial charge >= 0.3 is 0 Å². The first-order valence-electron chi connectivity index (χ1n) is 7.39. The van der Waals surface area contributed by atoms with Crippen LogP contribution in [0.25, 0.3) is 0 Å². The third kappa shape index (κ3) is 3.28. The molecule has 1 saturated heterocycles. The van der Waals surface area contributed by atoms with E-state index in [0.717, 1.165) is 13.0 Å². The molecular weight excluding hydrogens is 234 g/mol. The Hall–Kier alpha value is -1.06. The van der Waals surface area contributed by atoms with Crippen LogP contribution in [-0.4, -0.2) is 38.1 Å². The molecular formula is C16H27N3. The Kier molecular flexibility index (Phi) is 4.83. The maximum atomic E-state index is 6.25. The lowest BCUT2D eigenvalue weighted by Crippen LogP contribution is -2.45. The molecule has 1 aliphatic heterocycles. The van der Waals surface area contributed by atoms with Crippen molar-refractivity contribution in [2.45, 2.75) is 38.3 Å². The first kappa shape index (κ1) is 14.4. The second kappa shape index (κ2) is 6.40. The van der Waals surface area contributed by atoms with Crippen LogP contribution in [0.2, 0.25) is 0 Å². The van der Waals surface area contributed by atoms with Gasteiger partial charge in [-0.25, -0.2) is 0 Å². The van der Waals surface area contributed by atoms with Gasteiger partial charge in [-0.05, 0) is 44.5 Å². The summed E-state index contributed by atoms with van der Waals surface area (Å²) in [7, 11) is 4.43. The molecule has 1 aromatic rings. The van der Waals surface area contributed by atoms with Crippen LogP contribution >= 0.6 is 0 Å². The molecule has 1 fully saturated rings. The van der Waals surface area contributed by atoms with E-state index in [2.05, 4.69) is 55.1 Å². The first-order chi connectivity index (χ1) is 9.13. The monoisotopic (exact) mass is 261 g/mol. The summed E-state index contributed by atoms with van der Waals surface area (Å²) in [6.07, 6.45) is 3.54. The van der Waals surface area contributed by atoms with Gasteiger partial charge in [-0.1, -0.05) is 25.1 Å². The molecule has 0 bridgehead atoms. The van der Waals surface area contributed by atoms with Gasteiger partial charge in [0, 0.05) is 31.4 Å². The van der Waals surface area contributed by atoms with E-state index < -0.39 is 0 Å². The molecule has 0 saturated carbocycles. The van der Waals surface area contributed by atoms with Crippen LogP contribution in [0.5, 0.6) is 0 Å². The lowest BCUT2D eigenvalue weighted by atomic mass is 9.99. The fraction of sp³-hybridized carbons (Fsp3) is 0.625. The zero-order valence-electron chi connectivity index (χ0n) is 12.5. The summed E-state index contributed by atoms with van der Waals surface area (Å²) in [6, 6.07) is 9.33.